The molecular weight excluding hydrogens is 326 g/mol. The number of anilines is 2. The molecule has 1 aromatic rings. The summed E-state index contributed by atoms with van der Waals surface area (Å²) in [6.45, 7) is 3.03. The molecule has 0 atom stereocenters. The van der Waals surface area contributed by atoms with Gasteiger partial charge < -0.3 is 19.8 Å². The molecule has 2 aliphatic carbocycles. The zero-order valence-corrected chi connectivity index (χ0v) is 16.3. The van der Waals surface area contributed by atoms with Crippen molar-refractivity contribution in [2.24, 2.45) is 0 Å². The summed E-state index contributed by atoms with van der Waals surface area (Å²) in [5, 5.41) is 10.7. The van der Waals surface area contributed by atoms with Crippen LogP contribution in [-0.4, -0.2) is 71.4 Å². The van der Waals surface area contributed by atoms with E-state index in [-0.39, 0.29) is 0 Å². The molecule has 6 heteroatoms. The van der Waals surface area contributed by atoms with E-state index in [9.17, 15) is 5.11 Å². The molecule has 1 aromatic heterocycles. The van der Waals surface area contributed by atoms with Gasteiger partial charge in [-0.05, 0) is 38.5 Å². The van der Waals surface area contributed by atoms with Crippen molar-refractivity contribution in [2.75, 3.05) is 43.5 Å². The van der Waals surface area contributed by atoms with Gasteiger partial charge in [-0.25, -0.2) is 9.97 Å². The Kier molecular flexibility index (Phi) is 5.06. The SMILES string of the molecule is CN(C)c1cc(N(C2CC2)C2CCN(CC3(O)CCCC3)CC2)ncn1. The molecule has 0 aromatic carbocycles. The third kappa shape index (κ3) is 3.96. The molecule has 1 N–H and O–H groups in total. The smallest absolute Gasteiger partial charge is 0.134 e. The molecule has 144 valence electrons. The van der Waals surface area contributed by atoms with E-state index in [0.717, 1.165) is 57.0 Å². The van der Waals surface area contributed by atoms with Gasteiger partial charge in [-0.2, -0.15) is 0 Å². The van der Waals surface area contributed by atoms with Crippen molar-refractivity contribution in [1.82, 2.24) is 14.9 Å². The van der Waals surface area contributed by atoms with Crippen molar-refractivity contribution in [3.63, 3.8) is 0 Å². The predicted molar refractivity (Wildman–Crippen MR) is 105 cm³/mol. The van der Waals surface area contributed by atoms with E-state index in [1.54, 1.807) is 6.33 Å². The zero-order valence-electron chi connectivity index (χ0n) is 16.3. The number of aliphatic hydroxyl groups is 1. The van der Waals surface area contributed by atoms with Crippen LogP contribution in [0.15, 0.2) is 12.4 Å². The third-order valence-corrected chi connectivity index (χ3v) is 6.30. The van der Waals surface area contributed by atoms with E-state index in [1.807, 2.05) is 19.0 Å². The van der Waals surface area contributed by atoms with Gasteiger partial charge in [-0.1, -0.05) is 12.8 Å². The summed E-state index contributed by atoms with van der Waals surface area (Å²) >= 11 is 0. The van der Waals surface area contributed by atoms with Gasteiger partial charge in [0, 0.05) is 51.9 Å². The second-order valence-electron chi connectivity index (χ2n) is 8.71. The molecule has 3 fully saturated rings. The zero-order chi connectivity index (χ0) is 18.1. The van der Waals surface area contributed by atoms with Crippen LogP contribution in [0.4, 0.5) is 11.6 Å². The van der Waals surface area contributed by atoms with Crippen LogP contribution in [0, 0.1) is 0 Å². The maximum Gasteiger partial charge on any atom is 0.134 e. The lowest BCUT2D eigenvalue weighted by atomic mass is 9.97. The standard InChI is InChI=1S/C20H33N5O/c1-23(2)18-13-19(22-15-21-18)25(16-5-6-16)17-7-11-24(12-8-17)14-20(26)9-3-4-10-20/h13,15-17,26H,3-12,14H2,1-2H3. The molecule has 1 aliphatic heterocycles. The summed E-state index contributed by atoms with van der Waals surface area (Å²) in [4.78, 5) is 16.1. The summed E-state index contributed by atoms with van der Waals surface area (Å²) < 4.78 is 0. The average molecular weight is 360 g/mol. The fourth-order valence-corrected chi connectivity index (χ4v) is 4.71. The lowest BCUT2D eigenvalue weighted by molar-refractivity contribution is 0.00291. The number of hydrogen-bond donors (Lipinski definition) is 1. The van der Waals surface area contributed by atoms with Gasteiger partial charge >= 0.3 is 0 Å². The Labute approximate surface area is 157 Å². The number of aromatic nitrogens is 2. The van der Waals surface area contributed by atoms with Gasteiger partial charge in [0.25, 0.3) is 0 Å². The Balaban J connectivity index is 1.40. The first kappa shape index (κ1) is 18.0. The molecule has 0 unspecified atom stereocenters. The Hall–Kier alpha value is -1.40. The highest BCUT2D eigenvalue weighted by atomic mass is 16.3. The summed E-state index contributed by atoms with van der Waals surface area (Å²) in [6.07, 6.45) is 10.9. The largest absolute Gasteiger partial charge is 0.389 e. The maximum absolute atomic E-state index is 10.7. The van der Waals surface area contributed by atoms with Crippen molar-refractivity contribution in [1.29, 1.82) is 0 Å². The maximum atomic E-state index is 10.7. The van der Waals surface area contributed by atoms with E-state index >= 15 is 0 Å². The summed E-state index contributed by atoms with van der Waals surface area (Å²) in [5.41, 5.74) is -0.420. The minimum Gasteiger partial charge on any atom is -0.389 e. The lowest BCUT2D eigenvalue weighted by Crippen LogP contribution is -2.50. The molecule has 6 nitrogen and oxygen atoms in total. The first-order chi connectivity index (χ1) is 12.5. The van der Waals surface area contributed by atoms with E-state index in [2.05, 4.69) is 25.8 Å². The molecule has 3 aliphatic rings. The number of β-amino-alcohol motifs (C(OH)–C–C–N with tert-alkyl or cyclic N) is 1. The molecular formula is C20H33N5O. The number of likely N-dealkylation sites (tertiary alicyclic amines) is 1. The average Bonchev–Trinajstić information content (AvgIpc) is 3.37. The van der Waals surface area contributed by atoms with Crippen molar-refractivity contribution < 1.29 is 5.11 Å². The first-order valence-corrected chi connectivity index (χ1v) is 10.3. The molecule has 0 bridgehead atoms. The number of piperidine rings is 1. The van der Waals surface area contributed by atoms with Gasteiger partial charge in [-0.15, -0.1) is 0 Å². The van der Waals surface area contributed by atoms with Gasteiger partial charge in [0.05, 0.1) is 5.60 Å². The van der Waals surface area contributed by atoms with Crippen LogP contribution >= 0.6 is 0 Å². The quantitative estimate of drug-likeness (QED) is 0.841. The monoisotopic (exact) mass is 359 g/mol. The van der Waals surface area contributed by atoms with Gasteiger partial charge in [-0.3, -0.25) is 0 Å². The minimum atomic E-state index is -0.420. The van der Waals surface area contributed by atoms with Gasteiger partial charge in [0.1, 0.15) is 18.0 Å². The minimum absolute atomic E-state index is 0.420. The summed E-state index contributed by atoms with van der Waals surface area (Å²) in [5.74, 6) is 2.06. The van der Waals surface area contributed by atoms with E-state index in [1.165, 1.54) is 25.7 Å². The van der Waals surface area contributed by atoms with Gasteiger partial charge in [0.15, 0.2) is 0 Å². The highest BCUT2D eigenvalue weighted by Crippen LogP contribution is 2.37. The number of hydrogen-bond acceptors (Lipinski definition) is 6. The van der Waals surface area contributed by atoms with Crippen LogP contribution in [0.2, 0.25) is 0 Å². The van der Waals surface area contributed by atoms with Crippen LogP contribution in [0.1, 0.15) is 51.4 Å². The van der Waals surface area contributed by atoms with Crippen LogP contribution in [-0.2, 0) is 0 Å². The molecule has 26 heavy (non-hydrogen) atoms. The Morgan fingerprint density at radius 1 is 1.04 bits per heavy atom. The third-order valence-electron chi connectivity index (χ3n) is 6.30. The molecule has 0 amide bonds. The summed E-state index contributed by atoms with van der Waals surface area (Å²) in [7, 11) is 4.06. The van der Waals surface area contributed by atoms with Crippen LogP contribution < -0.4 is 9.80 Å². The molecule has 0 spiro atoms. The fourth-order valence-electron chi connectivity index (χ4n) is 4.71. The van der Waals surface area contributed by atoms with Gasteiger partial charge in [0.2, 0.25) is 0 Å². The van der Waals surface area contributed by atoms with E-state index in [0.29, 0.717) is 12.1 Å². The number of nitrogens with zero attached hydrogens (tertiary/aromatic N) is 5. The lowest BCUT2D eigenvalue weighted by Gasteiger charge is -2.41. The van der Waals surface area contributed by atoms with Crippen molar-refractivity contribution in [3.8, 4) is 0 Å². The second kappa shape index (κ2) is 7.31. The molecule has 4 rings (SSSR count). The summed E-state index contributed by atoms with van der Waals surface area (Å²) in [6, 6.07) is 3.34. The van der Waals surface area contributed by atoms with E-state index < -0.39 is 5.60 Å². The molecule has 2 heterocycles. The predicted octanol–water partition coefficient (Wildman–Crippen LogP) is 2.28. The van der Waals surface area contributed by atoms with Crippen molar-refractivity contribution in [3.05, 3.63) is 12.4 Å². The Morgan fingerprint density at radius 3 is 2.27 bits per heavy atom. The van der Waals surface area contributed by atoms with Crippen LogP contribution in [0.5, 0.6) is 0 Å². The van der Waals surface area contributed by atoms with E-state index in [4.69, 9.17) is 0 Å². The highest BCUT2D eigenvalue weighted by Gasteiger charge is 2.38. The topological polar surface area (TPSA) is 55.7 Å². The Morgan fingerprint density at radius 2 is 1.65 bits per heavy atom. The first-order valence-electron chi connectivity index (χ1n) is 10.3. The van der Waals surface area contributed by atoms with Crippen molar-refractivity contribution in [2.45, 2.75) is 69.1 Å². The molecule has 1 saturated heterocycles. The Bertz CT molecular complexity index is 604. The number of rotatable bonds is 6. The van der Waals surface area contributed by atoms with Crippen LogP contribution in [0.3, 0.4) is 0 Å². The normalized spacial score (nSPS) is 24.0. The second-order valence-corrected chi connectivity index (χ2v) is 8.71. The fraction of sp³-hybridized carbons (Fsp3) is 0.800. The van der Waals surface area contributed by atoms with Crippen LogP contribution in [0.25, 0.3) is 0 Å². The van der Waals surface area contributed by atoms with Crippen molar-refractivity contribution >= 4 is 11.6 Å². The molecule has 2 saturated carbocycles. The molecule has 0 radical (unpaired) electrons. The highest BCUT2D eigenvalue weighted by molar-refractivity contribution is 5.51.